The van der Waals surface area contributed by atoms with Crippen molar-refractivity contribution in [2.24, 2.45) is 0 Å². The summed E-state index contributed by atoms with van der Waals surface area (Å²) in [5.74, 6) is 0. The molecule has 0 bridgehead atoms. The summed E-state index contributed by atoms with van der Waals surface area (Å²) in [7, 11) is 0. The van der Waals surface area contributed by atoms with Crippen molar-refractivity contribution in [2.75, 3.05) is 0 Å². The maximum atomic E-state index is 2.45. The van der Waals surface area contributed by atoms with Crippen LogP contribution in [0.15, 0.2) is 48.0 Å². The Morgan fingerprint density at radius 3 is 2.45 bits per heavy atom. The molecule has 0 unspecified atom stereocenters. The lowest BCUT2D eigenvalue weighted by Crippen LogP contribution is -1.93. The van der Waals surface area contributed by atoms with Gasteiger partial charge in [-0.1, -0.05) is 80.8 Å². The van der Waals surface area contributed by atoms with Crippen LogP contribution in [-0.2, 0) is 12.8 Å². The maximum absolute atomic E-state index is 2.45. The summed E-state index contributed by atoms with van der Waals surface area (Å²) < 4.78 is 0. The van der Waals surface area contributed by atoms with E-state index in [1.54, 1.807) is 5.57 Å². The van der Waals surface area contributed by atoms with Crippen LogP contribution in [0, 0.1) is 0 Å². The third-order valence-corrected chi connectivity index (χ3v) is 4.64. The number of hydrogen-bond acceptors (Lipinski definition) is 0. The summed E-state index contributed by atoms with van der Waals surface area (Å²) in [6, 6.07) is 15.8. The van der Waals surface area contributed by atoms with Crippen molar-refractivity contribution in [3.63, 3.8) is 0 Å². The Morgan fingerprint density at radius 2 is 1.64 bits per heavy atom. The molecule has 0 saturated heterocycles. The highest BCUT2D eigenvalue weighted by molar-refractivity contribution is 5.82. The van der Waals surface area contributed by atoms with Gasteiger partial charge in [-0.05, 0) is 53.5 Å². The molecule has 0 radical (unpaired) electrons. The van der Waals surface area contributed by atoms with E-state index < -0.39 is 0 Å². The summed E-state index contributed by atoms with van der Waals surface area (Å²) in [5.41, 5.74) is 8.92. The summed E-state index contributed by atoms with van der Waals surface area (Å²) >= 11 is 0. The minimum Gasteiger partial charge on any atom is -0.0654 e. The molecule has 0 spiro atoms. The Bertz CT molecular complexity index is 676. The smallest absolute Gasteiger partial charge is 0.00576 e. The van der Waals surface area contributed by atoms with Gasteiger partial charge in [0.05, 0.1) is 0 Å². The van der Waals surface area contributed by atoms with Gasteiger partial charge in [-0.2, -0.15) is 0 Å². The molecule has 0 heterocycles. The van der Waals surface area contributed by atoms with E-state index in [-0.39, 0.29) is 0 Å². The van der Waals surface area contributed by atoms with Crippen molar-refractivity contribution in [2.45, 2.75) is 52.4 Å². The molecule has 0 nitrogen and oxygen atoms in total. The lowest BCUT2D eigenvalue weighted by Gasteiger charge is -2.13. The van der Waals surface area contributed by atoms with Gasteiger partial charge in [0.15, 0.2) is 0 Å². The Balaban J connectivity index is 2.02. The quantitative estimate of drug-likeness (QED) is 0.574. The number of hydrogen-bond donors (Lipinski definition) is 0. The molecule has 0 aromatic heterocycles. The van der Waals surface area contributed by atoms with E-state index in [9.17, 15) is 0 Å². The molecule has 0 fully saturated rings. The molecule has 114 valence electrons. The molecule has 0 atom stereocenters. The summed E-state index contributed by atoms with van der Waals surface area (Å²) in [6.07, 6.45) is 9.76. The Morgan fingerprint density at radius 1 is 0.818 bits per heavy atom. The predicted molar refractivity (Wildman–Crippen MR) is 97.1 cm³/mol. The fourth-order valence-electron chi connectivity index (χ4n) is 3.52. The van der Waals surface area contributed by atoms with Gasteiger partial charge in [0.2, 0.25) is 0 Å². The van der Waals surface area contributed by atoms with E-state index in [4.69, 9.17) is 0 Å². The second-order valence-electron chi connectivity index (χ2n) is 6.37. The zero-order valence-electron chi connectivity index (χ0n) is 13.9. The van der Waals surface area contributed by atoms with Crippen molar-refractivity contribution in [1.29, 1.82) is 0 Å². The zero-order valence-corrected chi connectivity index (χ0v) is 13.9. The number of rotatable bonds is 6. The molecule has 1 aliphatic rings. The molecule has 0 saturated carbocycles. The minimum atomic E-state index is 1.15. The molecule has 2 aromatic rings. The number of allylic oxidation sites excluding steroid dienone is 1. The molecule has 0 aliphatic heterocycles. The monoisotopic (exact) mass is 290 g/mol. The third kappa shape index (κ3) is 3.02. The van der Waals surface area contributed by atoms with E-state index in [1.165, 1.54) is 59.9 Å². The maximum Gasteiger partial charge on any atom is -0.00576 e. The van der Waals surface area contributed by atoms with Crippen LogP contribution in [0.1, 0.15) is 56.2 Å². The normalized spacial score (nSPS) is 13.1. The SMILES string of the molecule is CCCCc1ccccc1-c1cccc2c1C=C(CCC)C2. The van der Waals surface area contributed by atoms with Crippen molar-refractivity contribution < 1.29 is 0 Å². The third-order valence-electron chi connectivity index (χ3n) is 4.64. The fraction of sp³-hybridized carbons (Fsp3) is 0.364. The van der Waals surface area contributed by atoms with E-state index in [1.807, 2.05) is 0 Å². The van der Waals surface area contributed by atoms with Gasteiger partial charge in [-0.3, -0.25) is 0 Å². The Labute approximate surface area is 134 Å². The Kier molecular flexibility index (Phi) is 4.77. The fourth-order valence-corrected chi connectivity index (χ4v) is 3.52. The van der Waals surface area contributed by atoms with Crippen LogP contribution in [0.4, 0.5) is 0 Å². The average molecular weight is 290 g/mol. The van der Waals surface area contributed by atoms with Gasteiger partial charge in [0.25, 0.3) is 0 Å². The first-order chi connectivity index (χ1) is 10.8. The summed E-state index contributed by atoms with van der Waals surface area (Å²) in [6.45, 7) is 4.54. The van der Waals surface area contributed by atoms with Crippen molar-refractivity contribution >= 4 is 6.08 Å². The molecule has 22 heavy (non-hydrogen) atoms. The van der Waals surface area contributed by atoms with Crippen LogP contribution in [0.5, 0.6) is 0 Å². The van der Waals surface area contributed by atoms with Crippen LogP contribution in [0.3, 0.4) is 0 Å². The van der Waals surface area contributed by atoms with Gasteiger partial charge in [-0.25, -0.2) is 0 Å². The molecule has 0 heteroatoms. The number of benzene rings is 2. The molecule has 1 aliphatic carbocycles. The highest BCUT2D eigenvalue weighted by atomic mass is 14.2. The minimum absolute atomic E-state index is 1.15. The van der Waals surface area contributed by atoms with Crippen LogP contribution >= 0.6 is 0 Å². The van der Waals surface area contributed by atoms with Gasteiger partial charge in [0, 0.05) is 0 Å². The molecule has 0 N–H and O–H groups in total. The van der Waals surface area contributed by atoms with Crippen LogP contribution in [0.25, 0.3) is 17.2 Å². The molecule has 0 amide bonds. The van der Waals surface area contributed by atoms with Crippen molar-refractivity contribution in [1.82, 2.24) is 0 Å². The first-order valence-corrected chi connectivity index (χ1v) is 8.73. The number of fused-ring (bicyclic) bond motifs is 1. The topological polar surface area (TPSA) is 0 Å². The highest BCUT2D eigenvalue weighted by Gasteiger charge is 2.17. The van der Waals surface area contributed by atoms with E-state index in [0.29, 0.717) is 0 Å². The van der Waals surface area contributed by atoms with E-state index >= 15 is 0 Å². The second-order valence-corrected chi connectivity index (χ2v) is 6.37. The van der Waals surface area contributed by atoms with Gasteiger partial charge < -0.3 is 0 Å². The van der Waals surface area contributed by atoms with Gasteiger partial charge >= 0.3 is 0 Å². The first kappa shape index (κ1) is 15.1. The largest absolute Gasteiger partial charge is 0.0654 e. The first-order valence-electron chi connectivity index (χ1n) is 8.73. The van der Waals surface area contributed by atoms with Gasteiger partial charge in [-0.15, -0.1) is 0 Å². The summed E-state index contributed by atoms with van der Waals surface area (Å²) in [4.78, 5) is 0. The number of unbranched alkanes of at least 4 members (excludes halogenated alkanes) is 1. The molecular weight excluding hydrogens is 264 g/mol. The average Bonchev–Trinajstić information content (AvgIpc) is 2.96. The zero-order chi connectivity index (χ0) is 15.4. The van der Waals surface area contributed by atoms with E-state index in [2.05, 4.69) is 62.4 Å². The lowest BCUT2D eigenvalue weighted by atomic mass is 9.92. The summed E-state index contributed by atoms with van der Waals surface area (Å²) in [5, 5.41) is 0. The standard InChI is InChI=1S/C22H26/c1-3-5-10-18-11-6-7-13-20(18)21-14-8-12-19-15-17(9-4-2)16-22(19)21/h6-8,11-14,16H,3-5,9-10,15H2,1-2H3. The molecular formula is C22H26. The van der Waals surface area contributed by atoms with Gasteiger partial charge in [0.1, 0.15) is 0 Å². The molecule has 3 rings (SSSR count). The van der Waals surface area contributed by atoms with Crippen molar-refractivity contribution in [3.05, 3.63) is 64.7 Å². The molecule has 2 aromatic carbocycles. The van der Waals surface area contributed by atoms with Crippen LogP contribution in [0.2, 0.25) is 0 Å². The highest BCUT2D eigenvalue weighted by Crippen LogP contribution is 2.36. The van der Waals surface area contributed by atoms with Crippen molar-refractivity contribution in [3.8, 4) is 11.1 Å². The van der Waals surface area contributed by atoms with E-state index in [0.717, 1.165) is 6.42 Å². The van der Waals surface area contributed by atoms with Crippen LogP contribution in [-0.4, -0.2) is 0 Å². The number of aryl methyl sites for hydroxylation is 1. The van der Waals surface area contributed by atoms with Crippen LogP contribution < -0.4 is 0 Å². The lowest BCUT2D eigenvalue weighted by molar-refractivity contribution is 0.796. The predicted octanol–water partition coefficient (Wildman–Crippen LogP) is 6.44. The Hall–Kier alpha value is -1.82. The second kappa shape index (κ2) is 6.96.